The van der Waals surface area contributed by atoms with Crippen molar-refractivity contribution in [2.45, 2.75) is 20.0 Å². The van der Waals surface area contributed by atoms with Crippen LogP contribution in [-0.2, 0) is 13.1 Å². The Morgan fingerprint density at radius 1 is 1.19 bits per heavy atom. The van der Waals surface area contributed by atoms with Gasteiger partial charge in [-0.2, -0.15) is 5.10 Å². The summed E-state index contributed by atoms with van der Waals surface area (Å²) in [6, 6.07) is 7.07. The van der Waals surface area contributed by atoms with E-state index >= 15 is 0 Å². The average Bonchev–Trinajstić information content (AvgIpc) is 2.96. The molecule has 0 atom stereocenters. The molecule has 7 nitrogen and oxygen atoms in total. The summed E-state index contributed by atoms with van der Waals surface area (Å²) in [5.74, 6) is 0. The zero-order valence-corrected chi connectivity index (χ0v) is 11.5. The average molecular weight is 285 g/mol. The van der Waals surface area contributed by atoms with E-state index in [1.807, 2.05) is 17.7 Å². The Balaban J connectivity index is 2.00. The first-order chi connectivity index (χ1) is 10.2. The van der Waals surface area contributed by atoms with Crippen molar-refractivity contribution < 1.29 is 0 Å². The van der Waals surface area contributed by atoms with Crippen LogP contribution in [0.25, 0.3) is 10.8 Å². The van der Waals surface area contributed by atoms with Gasteiger partial charge in [-0.25, -0.2) is 0 Å². The van der Waals surface area contributed by atoms with Crippen LogP contribution in [0.3, 0.4) is 0 Å². The van der Waals surface area contributed by atoms with E-state index in [1.165, 1.54) is 0 Å². The maximum Gasteiger partial charge on any atom is 0.272 e. The first-order valence-electron chi connectivity index (χ1n) is 6.69. The lowest BCUT2D eigenvalue weighted by Gasteiger charge is -2.10. The highest BCUT2D eigenvalue weighted by atomic mass is 16.1. The van der Waals surface area contributed by atoms with Gasteiger partial charge in [0, 0.05) is 18.4 Å². The molecule has 3 rings (SSSR count). The molecular weight excluding hydrogens is 270 g/mol. The number of aryl methyl sites for hydroxylation is 1. The van der Waals surface area contributed by atoms with Crippen molar-refractivity contribution in [1.29, 1.82) is 0 Å². The van der Waals surface area contributed by atoms with Crippen molar-refractivity contribution in [1.82, 2.24) is 20.0 Å². The fourth-order valence-corrected chi connectivity index (χ4v) is 2.36. The summed E-state index contributed by atoms with van der Waals surface area (Å²) < 4.78 is 1.87. The molecule has 0 amide bonds. The molecule has 0 aliphatic rings. The monoisotopic (exact) mass is 285 g/mol. The van der Waals surface area contributed by atoms with Gasteiger partial charge in [0.25, 0.3) is 11.1 Å². The molecule has 0 unspecified atom stereocenters. The standard InChI is InChI=1S/C14H15N5O2/c1-2-19-9(6-7-16-19)8-15-11-5-3-4-10-12(11)14(21)18-17-13(10)20/h3-7,15H,2,8H2,1H3,(H,17,20)(H,18,21). The van der Waals surface area contributed by atoms with E-state index in [2.05, 4.69) is 20.6 Å². The molecule has 2 heterocycles. The number of nitrogens with zero attached hydrogens (tertiary/aromatic N) is 2. The minimum Gasteiger partial charge on any atom is -0.379 e. The second-order valence-electron chi connectivity index (χ2n) is 4.63. The van der Waals surface area contributed by atoms with Crippen LogP contribution in [0.1, 0.15) is 12.6 Å². The smallest absolute Gasteiger partial charge is 0.272 e. The van der Waals surface area contributed by atoms with Crippen molar-refractivity contribution in [2.24, 2.45) is 0 Å². The third-order valence-electron chi connectivity index (χ3n) is 3.39. The van der Waals surface area contributed by atoms with Gasteiger partial charge in [-0.05, 0) is 25.1 Å². The predicted molar refractivity (Wildman–Crippen MR) is 80.4 cm³/mol. The summed E-state index contributed by atoms with van der Waals surface area (Å²) in [4.78, 5) is 23.7. The zero-order valence-electron chi connectivity index (χ0n) is 11.5. The SMILES string of the molecule is CCn1nccc1CNc1cccc2c(=O)[nH][nH]c(=O)c12. The van der Waals surface area contributed by atoms with Gasteiger partial charge in [-0.1, -0.05) is 6.07 Å². The lowest BCUT2D eigenvalue weighted by Crippen LogP contribution is -2.20. The summed E-state index contributed by atoms with van der Waals surface area (Å²) in [5, 5.41) is 12.8. The lowest BCUT2D eigenvalue weighted by atomic mass is 10.1. The minimum absolute atomic E-state index is 0.313. The third kappa shape index (κ3) is 2.33. The van der Waals surface area contributed by atoms with Crippen LogP contribution in [0.2, 0.25) is 0 Å². The van der Waals surface area contributed by atoms with Crippen molar-refractivity contribution in [3.05, 3.63) is 56.9 Å². The molecule has 0 fully saturated rings. The van der Waals surface area contributed by atoms with Crippen molar-refractivity contribution in [3.63, 3.8) is 0 Å². The Hall–Kier alpha value is -2.83. The number of fused-ring (bicyclic) bond motifs is 1. The topological polar surface area (TPSA) is 95.6 Å². The van der Waals surface area contributed by atoms with Gasteiger partial charge < -0.3 is 5.32 Å². The van der Waals surface area contributed by atoms with Gasteiger partial charge in [0.1, 0.15) is 0 Å². The first-order valence-corrected chi connectivity index (χ1v) is 6.69. The quantitative estimate of drug-likeness (QED) is 0.667. The summed E-state index contributed by atoms with van der Waals surface area (Å²) in [7, 11) is 0. The normalized spacial score (nSPS) is 10.9. The predicted octanol–water partition coefficient (Wildman–Crippen LogP) is 1.04. The zero-order chi connectivity index (χ0) is 14.8. The highest BCUT2D eigenvalue weighted by molar-refractivity contribution is 5.92. The first kappa shape index (κ1) is 13.2. The van der Waals surface area contributed by atoms with Gasteiger partial charge in [0.15, 0.2) is 0 Å². The highest BCUT2D eigenvalue weighted by Gasteiger charge is 2.08. The highest BCUT2D eigenvalue weighted by Crippen LogP contribution is 2.17. The van der Waals surface area contributed by atoms with Crippen LogP contribution < -0.4 is 16.4 Å². The Morgan fingerprint density at radius 2 is 2.00 bits per heavy atom. The van der Waals surface area contributed by atoms with E-state index in [1.54, 1.807) is 24.4 Å². The largest absolute Gasteiger partial charge is 0.379 e. The second-order valence-corrected chi connectivity index (χ2v) is 4.63. The molecule has 21 heavy (non-hydrogen) atoms. The van der Waals surface area contributed by atoms with E-state index < -0.39 is 0 Å². The van der Waals surface area contributed by atoms with Gasteiger partial charge in [0.05, 0.1) is 23.0 Å². The molecule has 0 saturated heterocycles. The summed E-state index contributed by atoms with van der Waals surface area (Å²) in [6.45, 7) is 3.32. The Morgan fingerprint density at radius 3 is 2.81 bits per heavy atom. The number of nitrogens with one attached hydrogen (secondary N) is 3. The Labute approximate surface area is 119 Å². The van der Waals surface area contributed by atoms with Crippen molar-refractivity contribution >= 4 is 16.5 Å². The molecule has 0 aliphatic heterocycles. The van der Waals surface area contributed by atoms with Crippen molar-refractivity contribution in [2.75, 3.05) is 5.32 Å². The van der Waals surface area contributed by atoms with Gasteiger partial charge in [-0.3, -0.25) is 24.5 Å². The molecule has 0 aliphatic carbocycles. The van der Waals surface area contributed by atoms with E-state index in [0.717, 1.165) is 12.2 Å². The fourth-order valence-electron chi connectivity index (χ4n) is 2.36. The summed E-state index contributed by atoms with van der Waals surface area (Å²) >= 11 is 0. The number of aromatic nitrogens is 4. The Bertz CT molecular complexity index is 890. The lowest BCUT2D eigenvalue weighted by molar-refractivity contribution is 0.628. The van der Waals surface area contributed by atoms with Crippen LogP contribution in [-0.4, -0.2) is 20.0 Å². The number of aromatic amines is 2. The van der Waals surface area contributed by atoms with Gasteiger partial charge in [-0.15, -0.1) is 0 Å². The van der Waals surface area contributed by atoms with Gasteiger partial charge >= 0.3 is 0 Å². The number of H-pyrrole nitrogens is 2. The molecule has 0 saturated carbocycles. The molecule has 2 aromatic heterocycles. The van der Waals surface area contributed by atoms with Crippen LogP contribution in [0.4, 0.5) is 5.69 Å². The van der Waals surface area contributed by atoms with Crippen LogP contribution in [0.5, 0.6) is 0 Å². The molecule has 0 spiro atoms. The third-order valence-corrected chi connectivity index (χ3v) is 3.39. The molecule has 7 heteroatoms. The second kappa shape index (κ2) is 5.28. The number of hydrogen-bond acceptors (Lipinski definition) is 4. The molecule has 108 valence electrons. The minimum atomic E-state index is -0.323. The van der Waals surface area contributed by atoms with Gasteiger partial charge in [0.2, 0.25) is 0 Å². The van der Waals surface area contributed by atoms with E-state index in [9.17, 15) is 9.59 Å². The number of anilines is 1. The van der Waals surface area contributed by atoms with Crippen LogP contribution in [0, 0.1) is 0 Å². The molecule has 3 N–H and O–H groups in total. The van der Waals surface area contributed by atoms with Crippen molar-refractivity contribution in [3.8, 4) is 0 Å². The maximum absolute atomic E-state index is 12.0. The van der Waals surface area contributed by atoms with Crippen LogP contribution in [0.15, 0.2) is 40.1 Å². The number of rotatable bonds is 4. The number of hydrogen-bond donors (Lipinski definition) is 3. The summed E-state index contributed by atoms with van der Waals surface area (Å²) in [6.07, 6.45) is 1.74. The fraction of sp³-hybridized carbons (Fsp3) is 0.214. The van der Waals surface area contributed by atoms with Crippen LogP contribution >= 0.6 is 0 Å². The number of benzene rings is 1. The Kier molecular flexibility index (Phi) is 3.31. The molecule has 3 aromatic rings. The maximum atomic E-state index is 12.0. The van der Waals surface area contributed by atoms with E-state index in [4.69, 9.17) is 0 Å². The molecule has 0 bridgehead atoms. The summed E-state index contributed by atoms with van der Waals surface area (Å²) in [5.41, 5.74) is 1.00. The molecular formula is C14H15N5O2. The molecule has 1 aromatic carbocycles. The van der Waals surface area contributed by atoms with E-state index in [0.29, 0.717) is 23.0 Å². The molecule has 0 radical (unpaired) electrons. The van der Waals surface area contributed by atoms with E-state index in [-0.39, 0.29) is 11.1 Å².